The highest BCUT2D eigenvalue weighted by atomic mass is 35.5. The third kappa shape index (κ3) is 2.83. The molecule has 0 aromatic heterocycles. The molecule has 3 nitrogen and oxygen atoms in total. The Morgan fingerprint density at radius 1 is 1.20 bits per heavy atom. The molecule has 1 unspecified atom stereocenters. The van der Waals surface area contributed by atoms with Crippen molar-refractivity contribution in [3.05, 3.63) is 53.1 Å². The minimum atomic E-state index is 0.109. The third-order valence-corrected chi connectivity index (χ3v) is 3.90. The van der Waals surface area contributed by atoms with Crippen LogP contribution >= 0.6 is 11.6 Å². The lowest BCUT2D eigenvalue weighted by Crippen LogP contribution is -2.23. The molecule has 0 spiro atoms. The Labute approximate surface area is 124 Å². The lowest BCUT2D eigenvalue weighted by atomic mass is 10.1. The first-order valence-electron chi connectivity index (χ1n) is 6.45. The minimum absolute atomic E-state index is 0.109. The van der Waals surface area contributed by atoms with E-state index < -0.39 is 0 Å². The quantitative estimate of drug-likeness (QED) is 0.861. The van der Waals surface area contributed by atoms with Crippen LogP contribution in [0.15, 0.2) is 42.5 Å². The van der Waals surface area contributed by atoms with E-state index in [1.54, 1.807) is 7.11 Å². The molecule has 0 heterocycles. The molecule has 0 bridgehead atoms. The summed E-state index contributed by atoms with van der Waals surface area (Å²) in [6, 6.07) is 13.6. The number of nitrogens with two attached hydrogens (primary N) is 1. The average molecular weight is 291 g/mol. The number of ether oxygens (including phenoxy) is 1. The summed E-state index contributed by atoms with van der Waals surface area (Å²) in [6.45, 7) is 2.10. The highest BCUT2D eigenvalue weighted by molar-refractivity contribution is 6.31. The van der Waals surface area contributed by atoms with Gasteiger partial charge in [-0.25, -0.2) is 0 Å². The summed E-state index contributed by atoms with van der Waals surface area (Å²) in [6.07, 6.45) is 0. The SMILES string of the molecule is COc1ccc(N)c(N(C)C(C)c2ccccc2Cl)c1. The van der Waals surface area contributed by atoms with Gasteiger partial charge in [-0.2, -0.15) is 0 Å². The molecule has 2 aromatic rings. The van der Waals surface area contributed by atoms with Crippen molar-refractivity contribution in [1.82, 2.24) is 0 Å². The summed E-state index contributed by atoms with van der Waals surface area (Å²) in [5, 5.41) is 0.758. The van der Waals surface area contributed by atoms with E-state index in [1.165, 1.54) is 0 Å². The van der Waals surface area contributed by atoms with E-state index in [0.717, 1.165) is 22.0 Å². The van der Waals surface area contributed by atoms with Gasteiger partial charge in [0.2, 0.25) is 0 Å². The van der Waals surface area contributed by atoms with E-state index in [1.807, 2.05) is 49.5 Å². The van der Waals surface area contributed by atoms with Gasteiger partial charge in [-0.3, -0.25) is 0 Å². The van der Waals surface area contributed by atoms with Gasteiger partial charge in [-0.1, -0.05) is 29.8 Å². The van der Waals surface area contributed by atoms with Crippen molar-refractivity contribution >= 4 is 23.0 Å². The van der Waals surface area contributed by atoms with E-state index in [9.17, 15) is 0 Å². The lowest BCUT2D eigenvalue weighted by molar-refractivity contribution is 0.415. The van der Waals surface area contributed by atoms with Crippen molar-refractivity contribution in [2.75, 3.05) is 24.8 Å². The number of nitrogens with zero attached hydrogens (tertiary/aromatic N) is 1. The maximum Gasteiger partial charge on any atom is 0.121 e. The Hall–Kier alpha value is -1.87. The Kier molecular flexibility index (Phi) is 4.40. The van der Waals surface area contributed by atoms with Gasteiger partial charge in [-0.15, -0.1) is 0 Å². The largest absolute Gasteiger partial charge is 0.497 e. The van der Waals surface area contributed by atoms with E-state index in [4.69, 9.17) is 22.1 Å². The van der Waals surface area contributed by atoms with E-state index in [2.05, 4.69) is 11.8 Å². The van der Waals surface area contributed by atoms with Crippen molar-refractivity contribution < 1.29 is 4.74 Å². The summed E-state index contributed by atoms with van der Waals surface area (Å²) in [5.41, 5.74) is 8.78. The van der Waals surface area contributed by atoms with Crippen molar-refractivity contribution in [1.29, 1.82) is 0 Å². The molecular formula is C16H19ClN2O. The van der Waals surface area contributed by atoms with Gasteiger partial charge >= 0.3 is 0 Å². The van der Waals surface area contributed by atoms with Crippen LogP contribution in [0.3, 0.4) is 0 Å². The maximum atomic E-state index is 6.27. The van der Waals surface area contributed by atoms with E-state index >= 15 is 0 Å². The molecular weight excluding hydrogens is 272 g/mol. The van der Waals surface area contributed by atoms with Gasteiger partial charge in [0.1, 0.15) is 5.75 Å². The van der Waals surface area contributed by atoms with E-state index in [-0.39, 0.29) is 6.04 Å². The predicted molar refractivity (Wildman–Crippen MR) is 85.7 cm³/mol. The number of halogens is 1. The fourth-order valence-electron chi connectivity index (χ4n) is 2.19. The van der Waals surface area contributed by atoms with Crippen LogP contribution in [0.25, 0.3) is 0 Å². The smallest absolute Gasteiger partial charge is 0.121 e. The zero-order valence-electron chi connectivity index (χ0n) is 11.9. The second-order valence-electron chi connectivity index (χ2n) is 4.73. The van der Waals surface area contributed by atoms with E-state index in [0.29, 0.717) is 5.69 Å². The number of rotatable bonds is 4. The summed E-state index contributed by atoms with van der Waals surface area (Å²) in [7, 11) is 3.64. The number of nitrogen functional groups attached to an aromatic ring is 1. The molecule has 1 atom stereocenters. The van der Waals surface area contributed by atoms with Gasteiger partial charge in [0.25, 0.3) is 0 Å². The maximum absolute atomic E-state index is 6.27. The second-order valence-corrected chi connectivity index (χ2v) is 5.14. The first-order valence-corrected chi connectivity index (χ1v) is 6.83. The topological polar surface area (TPSA) is 38.5 Å². The standard InChI is InChI=1S/C16H19ClN2O/c1-11(13-6-4-5-7-14(13)17)19(2)16-10-12(20-3)8-9-15(16)18/h4-11H,18H2,1-3H3. The first-order chi connectivity index (χ1) is 9.54. The molecule has 0 saturated carbocycles. The molecule has 0 aliphatic rings. The number of benzene rings is 2. The van der Waals surface area contributed by atoms with Crippen molar-refractivity contribution in [3.8, 4) is 5.75 Å². The summed E-state index contributed by atoms with van der Waals surface area (Å²) in [4.78, 5) is 2.10. The van der Waals surface area contributed by atoms with Crippen LogP contribution in [0.5, 0.6) is 5.75 Å². The Morgan fingerprint density at radius 2 is 1.90 bits per heavy atom. The van der Waals surface area contributed by atoms with Crippen LogP contribution in [0.4, 0.5) is 11.4 Å². The van der Waals surface area contributed by atoms with Crippen molar-refractivity contribution in [3.63, 3.8) is 0 Å². The van der Waals surface area contributed by atoms with Gasteiger partial charge in [-0.05, 0) is 30.7 Å². The predicted octanol–water partition coefficient (Wildman–Crippen LogP) is 4.13. The van der Waals surface area contributed by atoms with Crippen LogP contribution in [-0.4, -0.2) is 14.2 Å². The Bertz CT molecular complexity index is 601. The molecule has 0 amide bonds. The molecule has 20 heavy (non-hydrogen) atoms. The normalized spacial score (nSPS) is 12.0. The van der Waals surface area contributed by atoms with Crippen LogP contribution < -0.4 is 15.4 Å². The van der Waals surface area contributed by atoms with Crippen LogP contribution in [0, 0.1) is 0 Å². The average Bonchev–Trinajstić information content (AvgIpc) is 2.47. The summed E-state index contributed by atoms with van der Waals surface area (Å²) >= 11 is 6.27. The number of hydrogen-bond acceptors (Lipinski definition) is 3. The zero-order chi connectivity index (χ0) is 14.7. The number of hydrogen-bond donors (Lipinski definition) is 1. The Balaban J connectivity index is 2.36. The van der Waals surface area contributed by atoms with Gasteiger partial charge in [0, 0.05) is 18.1 Å². The molecule has 0 saturated heterocycles. The fraction of sp³-hybridized carbons (Fsp3) is 0.250. The molecule has 106 valence electrons. The fourth-order valence-corrected chi connectivity index (χ4v) is 2.48. The third-order valence-electron chi connectivity index (χ3n) is 3.55. The second kappa shape index (κ2) is 6.06. The van der Waals surface area contributed by atoms with Crippen molar-refractivity contribution in [2.24, 2.45) is 0 Å². The van der Waals surface area contributed by atoms with Crippen molar-refractivity contribution in [2.45, 2.75) is 13.0 Å². The molecule has 2 N–H and O–H groups in total. The molecule has 0 aliphatic carbocycles. The van der Waals surface area contributed by atoms with Gasteiger partial charge in [0.05, 0.1) is 24.5 Å². The molecule has 0 radical (unpaired) electrons. The Morgan fingerprint density at radius 3 is 2.55 bits per heavy atom. The highest BCUT2D eigenvalue weighted by Crippen LogP contribution is 2.34. The molecule has 0 aliphatic heterocycles. The highest BCUT2D eigenvalue weighted by Gasteiger charge is 2.17. The molecule has 0 fully saturated rings. The zero-order valence-corrected chi connectivity index (χ0v) is 12.7. The van der Waals surface area contributed by atoms with Crippen LogP contribution in [-0.2, 0) is 0 Å². The number of anilines is 2. The lowest BCUT2D eigenvalue weighted by Gasteiger charge is -2.29. The minimum Gasteiger partial charge on any atom is -0.497 e. The van der Waals surface area contributed by atoms with Crippen LogP contribution in [0.1, 0.15) is 18.5 Å². The number of methoxy groups -OCH3 is 1. The summed E-state index contributed by atoms with van der Waals surface area (Å²) < 4.78 is 5.26. The summed E-state index contributed by atoms with van der Waals surface area (Å²) in [5.74, 6) is 0.785. The molecule has 2 rings (SSSR count). The van der Waals surface area contributed by atoms with Gasteiger partial charge < -0.3 is 15.4 Å². The van der Waals surface area contributed by atoms with Gasteiger partial charge in [0.15, 0.2) is 0 Å². The molecule has 2 aromatic carbocycles. The van der Waals surface area contributed by atoms with Crippen LogP contribution in [0.2, 0.25) is 5.02 Å². The molecule has 4 heteroatoms. The monoisotopic (exact) mass is 290 g/mol. The first kappa shape index (κ1) is 14.5.